The van der Waals surface area contributed by atoms with Crippen LogP contribution in [-0.4, -0.2) is 54.3 Å². The normalized spacial score (nSPS) is 19.8. The van der Waals surface area contributed by atoms with E-state index in [9.17, 15) is 13.2 Å². The molecule has 1 aliphatic heterocycles. The van der Waals surface area contributed by atoms with E-state index >= 15 is 0 Å². The van der Waals surface area contributed by atoms with E-state index in [1.54, 1.807) is 24.9 Å². The van der Waals surface area contributed by atoms with Gasteiger partial charge in [0.2, 0.25) is 5.91 Å². The number of halogens is 1. The quantitative estimate of drug-likeness (QED) is 0.803. The summed E-state index contributed by atoms with van der Waals surface area (Å²) >= 11 is 8.48. The van der Waals surface area contributed by atoms with Crippen molar-refractivity contribution in [3.63, 3.8) is 0 Å². The third-order valence-corrected chi connectivity index (χ3v) is 8.68. The van der Waals surface area contributed by atoms with Gasteiger partial charge in [-0.2, -0.15) is 4.31 Å². The number of hydrogen-bond acceptors (Lipinski definition) is 5. The van der Waals surface area contributed by atoms with Gasteiger partial charge in [-0.05, 0) is 32.4 Å². The minimum atomic E-state index is -3.69. The largest absolute Gasteiger partial charge is 0.342 e. The number of rotatable bonds is 4. The predicted octanol–water partition coefficient (Wildman–Crippen LogP) is 2.64. The van der Waals surface area contributed by atoms with Crippen molar-refractivity contribution in [3.8, 4) is 0 Å². The van der Waals surface area contributed by atoms with Crippen molar-refractivity contribution in [1.29, 1.82) is 0 Å². The lowest BCUT2D eigenvalue weighted by molar-refractivity contribution is -0.134. The molecule has 1 unspecified atom stereocenters. The Morgan fingerprint density at radius 1 is 1.50 bits per heavy atom. The van der Waals surface area contributed by atoms with Crippen molar-refractivity contribution in [3.05, 3.63) is 16.0 Å². The first-order chi connectivity index (χ1) is 10.2. The minimum Gasteiger partial charge on any atom is -0.342 e. The SMILES string of the molecule is Cc1cc(S(=O)(=O)N2CSCC2C(=O)N(C)C(C)C)sc1Cl. The molecule has 0 aliphatic carbocycles. The summed E-state index contributed by atoms with van der Waals surface area (Å²) < 4.78 is 27.6. The van der Waals surface area contributed by atoms with Crippen molar-refractivity contribution in [2.24, 2.45) is 0 Å². The molecule has 2 rings (SSSR count). The van der Waals surface area contributed by atoms with Gasteiger partial charge in [-0.3, -0.25) is 4.79 Å². The molecule has 0 bridgehead atoms. The first-order valence-corrected chi connectivity index (χ1v) is 10.6. The fourth-order valence-corrected chi connectivity index (χ4v) is 7.00. The highest BCUT2D eigenvalue weighted by molar-refractivity contribution is 8.01. The Balaban J connectivity index is 2.32. The van der Waals surface area contributed by atoms with Crippen LogP contribution < -0.4 is 0 Å². The molecule has 0 radical (unpaired) electrons. The van der Waals surface area contributed by atoms with Crippen molar-refractivity contribution in [1.82, 2.24) is 9.21 Å². The number of hydrogen-bond donors (Lipinski definition) is 0. The molecule has 124 valence electrons. The Kier molecular flexibility index (Phi) is 5.49. The average molecular weight is 383 g/mol. The lowest BCUT2D eigenvalue weighted by Gasteiger charge is -2.28. The highest BCUT2D eigenvalue weighted by Crippen LogP contribution is 2.35. The van der Waals surface area contributed by atoms with Crippen LogP contribution >= 0.6 is 34.7 Å². The molecule has 1 amide bonds. The summed E-state index contributed by atoms with van der Waals surface area (Å²) in [4.78, 5) is 14.1. The number of nitrogens with zero attached hydrogens (tertiary/aromatic N) is 2. The standard InChI is InChI=1S/C13H19ClN2O3S3/c1-8(2)15(4)13(17)10-6-20-7-16(10)22(18,19)11-5-9(3)12(14)21-11/h5,8,10H,6-7H2,1-4H3. The van der Waals surface area contributed by atoms with E-state index in [0.29, 0.717) is 16.0 Å². The number of carbonyl (C=O) groups is 1. The molecule has 0 aromatic carbocycles. The summed E-state index contributed by atoms with van der Waals surface area (Å²) in [6.45, 7) is 5.58. The Labute approximate surface area is 144 Å². The molecule has 9 heteroatoms. The maximum atomic E-state index is 12.8. The monoisotopic (exact) mass is 382 g/mol. The predicted molar refractivity (Wildman–Crippen MR) is 92.1 cm³/mol. The van der Waals surface area contributed by atoms with Crippen LogP contribution in [0.4, 0.5) is 0 Å². The smallest absolute Gasteiger partial charge is 0.254 e. The van der Waals surface area contributed by atoms with Gasteiger partial charge in [0.15, 0.2) is 0 Å². The van der Waals surface area contributed by atoms with Crippen LogP contribution in [0.15, 0.2) is 10.3 Å². The van der Waals surface area contributed by atoms with Crippen molar-refractivity contribution in [2.75, 3.05) is 18.7 Å². The van der Waals surface area contributed by atoms with Gasteiger partial charge >= 0.3 is 0 Å². The second kappa shape index (κ2) is 6.68. The fraction of sp³-hybridized carbons (Fsp3) is 0.615. The molecule has 0 spiro atoms. The summed E-state index contributed by atoms with van der Waals surface area (Å²) in [6.07, 6.45) is 0. The molecule has 5 nitrogen and oxygen atoms in total. The van der Waals surface area contributed by atoms with Gasteiger partial charge in [0, 0.05) is 18.8 Å². The first-order valence-electron chi connectivity index (χ1n) is 6.78. The van der Waals surface area contributed by atoms with Crippen molar-refractivity contribution in [2.45, 2.75) is 37.1 Å². The number of thioether (sulfide) groups is 1. The third kappa shape index (κ3) is 3.31. The van der Waals surface area contributed by atoms with Gasteiger partial charge in [-0.25, -0.2) is 8.42 Å². The average Bonchev–Trinajstić information content (AvgIpc) is 3.05. The van der Waals surface area contributed by atoms with Gasteiger partial charge in [-0.15, -0.1) is 23.1 Å². The summed E-state index contributed by atoms with van der Waals surface area (Å²) in [6, 6.07) is 0.948. The first kappa shape index (κ1) is 18.1. The third-order valence-electron chi connectivity index (χ3n) is 3.65. The number of amides is 1. The Morgan fingerprint density at radius 2 is 2.14 bits per heavy atom. The second-order valence-electron chi connectivity index (χ2n) is 5.47. The van der Waals surface area contributed by atoms with E-state index in [1.807, 2.05) is 13.8 Å². The van der Waals surface area contributed by atoms with Crippen LogP contribution in [0.3, 0.4) is 0 Å². The number of thiophene rings is 1. The van der Waals surface area contributed by atoms with E-state index in [0.717, 1.165) is 16.9 Å². The van der Waals surface area contributed by atoms with Gasteiger partial charge in [-0.1, -0.05) is 11.6 Å². The molecule has 1 aliphatic rings. The maximum absolute atomic E-state index is 12.8. The number of carbonyl (C=O) groups excluding carboxylic acids is 1. The molecule has 1 fully saturated rings. The molecular formula is C13H19ClN2O3S3. The van der Waals surface area contributed by atoms with Gasteiger partial charge in [0.1, 0.15) is 10.3 Å². The zero-order chi connectivity index (χ0) is 16.7. The van der Waals surface area contributed by atoms with Gasteiger partial charge in [0.25, 0.3) is 10.0 Å². The minimum absolute atomic E-state index is 0.0288. The van der Waals surface area contributed by atoms with Crippen LogP contribution in [-0.2, 0) is 14.8 Å². The highest BCUT2D eigenvalue weighted by Gasteiger charge is 2.42. The van der Waals surface area contributed by atoms with E-state index < -0.39 is 16.1 Å². The zero-order valence-corrected chi connectivity index (χ0v) is 16.1. The fourth-order valence-electron chi connectivity index (χ4n) is 2.02. The molecule has 1 aromatic heterocycles. The molecular weight excluding hydrogens is 364 g/mol. The highest BCUT2D eigenvalue weighted by atomic mass is 35.5. The van der Waals surface area contributed by atoms with Gasteiger partial charge < -0.3 is 4.90 Å². The Morgan fingerprint density at radius 3 is 2.64 bits per heavy atom. The number of likely N-dealkylation sites (N-methyl/N-ethyl adjacent to an activating group) is 1. The second-order valence-corrected chi connectivity index (χ2v) is 10.2. The van der Waals surface area contributed by atoms with E-state index in [-0.39, 0.29) is 16.2 Å². The lowest BCUT2D eigenvalue weighted by atomic mass is 10.2. The number of sulfonamides is 1. The van der Waals surface area contributed by atoms with E-state index in [1.165, 1.54) is 16.1 Å². The molecule has 0 saturated carbocycles. The summed E-state index contributed by atoms with van der Waals surface area (Å²) in [5, 5.41) is 0. The maximum Gasteiger partial charge on any atom is 0.254 e. The molecule has 2 heterocycles. The van der Waals surface area contributed by atoms with Crippen molar-refractivity contribution < 1.29 is 13.2 Å². The van der Waals surface area contributed by atoms with Crippen LogP contribution in [0.5, 0.6) is 0 Å². The molecule has 22 heavy (non-hydrogen) atoms. The topological polar surface area (TPSA) is 57.7 Å². The van der Waals surface area contributed by atoms with E-state index in [2.05, 4.69) is 0 Å². The molecule has 1 saturated heterocycles. The zero-order valence-electron chi connectivity index (χ0n) is 12.9. The summed E-state index contributed by atoms with van der Waals surface area (Å²) in [7, 11) is -1.99. The van der Waals surface area contributed by atoms with E-state index in [4.69, 9.17) is 11.6 Å². The van der Waals surface area contributed by atoms with Crippen LogP contribution in [0.25, 0.3) is 0 Å². The van der Waals surface area contributed by atoms with Crippen LogP contribution in [0.1, 0.15) is 19.4 Å². The Hall–Kier alpha value is -0.280. The Bertz CT molecular complexity index is 653. The summed E-state index contributed by atoms with van der Waals surface area (Å²) in [5.74, 6) is 0.606. The van der Waals surface area contributed by atoms with Crippen LogP contribution in [0.2, 0.25) is 4.34 Å². The summed E-state index contributed by atoms with van der Waals surface area (Å²) in [5.41, 5.74) is 0.735. The van der Waals surface area contributed by atoms with Crippen LogP contribution in [0, 0.1) is 6.92 Å². The molecule has 0 N–H and O–H groups in total. The van der Waals surface area contributed by atoms with Gasteiger partial charge in [0.05, 0.1) is 10.2 Å². The molecule has 1 atom stereocenters. The number of aryl methyl sites for hydroxylation is 1. The lowest BCUT2D eigenvalue weighted by Crippen LogP contribution is -2.49. The van der Waals surface area contributed by atoms with Crippen molar-refractivity contribution >= 4 is 50.6 Å². The molecule has 1 aromatic rings.